The molecule has 0 saturated heterocycles. The van der Waals surface area contributed by atoms with Gasteiger partial charge < -0.3 is 5.73 Å². The number of hydrogen-bond donors (Lipinski definition) is 1. The fraction of sp³-hybridized carbons (Fsp3) is 1.00. The van der Waals surface area contributed by atoms with Crippen LogP contribution in [-0.2, 0) is 0 Å². The van der Waals surface area contributed by atoms with Crippen LogP contribution in [0.2, 0.25) is 0 Å². The Hall–Kier alpha value is -0.0400. The van der Waals surface area contributed by atoms with Gasteiger partial charge in [0.25, 0.3) is 0 Å². The van der Waals surface area contributed by atoms with Crippen LogP contribution in [0.1, 0.15) is 53.9 Å². The van der Waals surface area contributed by atoms with Crippen LogP contribution in [0.25, 0.3) is 0 Å². The van der Waals surface area contributed by atoms with Gasteiger partial charge in [0.1, 0.15) is 0 Å². The minimum absolute atomic E-state index is 0.396. The molecule has 0 aromatic rings. The molecule has 0 bridgehead atoms. The Balaban J connectivity index is 3.44. The molecule has 1 heteroatoms. The average molecular weight is 171 g/mol. The van der Waals surface area contributed by atoms with E-state index in [2.05, 4.69) is 34.6 Å². The Labute approximate surface area is 77.7 Å². The van der Waals surface area contributed by atoms with Gasteiger partial charge in [0.15, 0.2) is 0 Å². The van der Waals surface area contributed by atoms with E-state index in [0.29, 0.717) is 17.4 Å². The highest BCUT2D eigenvalue weighted by Crippen LogP contribution is 2.22. The van der Waals surface area contributed by atoms with Gasteiger partial charge in [-0.05, 0) is 24.2 Å². The lowest BCUT2D eigenvalue weighted by molar-refractivity contribution is 0.339. The summed E-state index contributed by atoms with van der Waals surface area (Å²) in [6.45, 7) is 11.2. The second kappa shape index (κ2) is 4.86. The van der Waals surface area contributed by atoms with E-state index in [-0.39, 0.29) is 0 Å². The monoisotopic (exact) mass is 171 g/mol. The molecule has 0 aliphatic carbocycles. The molecular formula is C11H25N. The molecule has 0 radical (unpaired) electrons. The van der Waals surface area contributed by atoms with Crippen molar-refractivity contribution in [1.29, 1.82) is 0 Å². The summed E-state index contributed by atoms with van der Waals surface area (Å²) in [4.78, 5) is 0. The van der Waals surface area contributed by atoms with Crippen molar-refractivity contribution in [2.75, 3.05) is 0 Å². The maximum Gasteiger partial charge on any atom is 0.00618 e. The van der Waals surface area contributed by atoms with Gasteiger partial charge in [-0.15, -0.1) is 0 Å². The molecule has 0 saturated carbocycles. The van der Waals surface area contributed by atoms with Gasteiger partial charge in [-0.1, -0.05) is 41.0 Å². The van der Waals surface area contributed by atoms with Gasteiger partial charge in [0.05, 0.1) is 0 Å². The summed E-state index contributed by atoms with van der Waals surface area (Å²) >= 11 is 0. The molecule has 1 nitrogen and oxygen atoms in total. The molecule has 0 fully saturated rings. The zero-order valence-corrected chi connectivity index (χ0v) is 9.35. The highest BCUT2D eigenvalue weighted by atomic mass is 14.6. The number of hydrogen-bond acceptors (Lipinski definition) is 1. The Morgan fingerprint density at radius 2 is 1.67 bits per heavy atom. The molecule has 0 heterocycles. The summed E-state index contributed by atoms with van der Waals surface area (Å²) in [5, 5.41) is 0. The van der Waals surface area contributed by atoms with Crippen LogP contribution < -0.4 is 5.73 Å². The first-order valence-corrected chi connectivity index (χ1v) is 5.08. The third-order valence-corrected chi connectivity index (χ3v) is 2.32. The van der Waals surface area contributed by atoms with Gasteiger partial charge in [-0.3, -0.25) is 0 Å². The fourth-order valence-electron chi connectivity index (χ4n) is 1.20. The zero-order chi connectivity index (χ0) is 9.78. The number of rotatable bonds is 4. The average Bonchev–Trinajstić information content (AvgIpc) is 1.84. The molecule has 1 unspecified atom stereocenters. The van der Waals surface area contributed by atoms with E-state index >= 15 is 0 Å². The summed E-state index contributed by atoms with van der Waals surface area (Å²) in [6, 6.07) is 0.396. The van der Waals surface area contributed by atoms with Crippen LogP contribution >= 0.6 is 0 Å². The Morgan fingerprint density at radius 3 is 2.00 bits per heavy atom. The molecule has 0 rings (SSSR count). The summed E-state index contributed by atoms with van der Waals surface area (Å²) < 4.78 is 0. The Bertz CT molecular complexity index is 111. The molecule has 0 aliphatic rings. The van der Waals surface area contributed by atoms with Gasteiger partial charge in [0.2, 0.25) is 0 Å². The molecule has 74 valence electrons. The quantitative estimate of drug-likeness (QED) is 0.690. The van der Waals surface area contributed by atoms with Crippen molar-refractivity contribution in [3.05, 3.63) is 0 Å². The van der Waals surface area contributed by atoms with Crippen LogP contribution in [-0.4, -0.2) is 6.04 Å². The first-order chi connectivity index (χ1) is 5.33. The molecular weight excluding hydrogens is 146 g/mol. The third kappa shape index (κ3) is 6.66. The highest BCUT2D eigenvalue weighted by Gasteiger charge is 2.12. The van der Waals surface area contributed by atoms with Crippen molar-refractivity contribution in [2.24, 2.45) is 17.1 Å². The molecule has 2 N–H and O–H groups in total. The van der Waals surface area contributed by atoms with E-state index in [0.717, 1.165) is 0 Å². The predicted molar refractivity (Wildman–Crippen MR) is 56.1 cm³/mol. The minimum atomic E-state index is 0.396. The smallest absolute Gasteiger partial charge is 0.00618 e. The lowest BCUT2D eigenvalue weighted by Crippen LogP contribution is -2.26. The van der Waals surface area contributed by atoms with Crippen molar-refractivity contribution in [1.82, 2.24) is 0 Å². The largest absolute Gasteiger partial charge is 0.327 e. The third-order valence-electron chi connectivity index (χ3n) is 2.32. The van der Waals surface area contributed by atoms with Crippen molar-refractivity contribution >= 4 is 0 Å². The van der Waals surface area contributed by atoms with Gasteiger partial charge in [-0.2, -0.15) is 0 Å². The van der Waals surface area contributed by atoms with Crippen molar-refractivity contribution in [2.45, 2.75) is 59.9 Å². The molecule has 12 heavy (non-hydrogen) atoms. The predicted octanol–water partition coefficient (Wildman–Crippen LogP) is 3.19. The molecule has 0 aromatic carbocycles. The topological polar surface area (TPSA) is 26.0 Å². The van der Waals surface area contributed by atoms with Crippen LogP contribution in [0.15, 0.2) is 0 Å². The van der Waals surface area contributed by atoms with E-state index in [1.54, 1.807) is 0 Å². The maximum absolute atomic E-state index is 5.95. The molecule has 0 spiro atoms. The zero-order valence-electron chi connectivity index (χ0n) is 9.35. The van der Waals surface area contributed by atoms with E-state index in [9.17, 15) is 0 Å². The Kier molecular flexibility index (Phi) is 4.84. The summed E-state index contributed by atoms with van der Waals surface area (Å²) in [5.41, 5.74) is 6.41. The molecule has 1 atom stereocenters. The van der Waals surface area contributed by atoms with Gasteiger partial charge in [0, 0.05) is 6.04 Å². The van der Waals surface area contributed by atoms with Crippen molar-refractivity contribution in [3.8, 4) is 0 Å². The van der Waals surface area contributed by atoms with Gasteiger partial charge in [-0.25, -0.2) is 0 Å². The summed E-state index contributed by atoms with van der Waals surface area (Å²) in [5.74, 6) is 0.630. The van der Waals surface area contributed by atoms with Crippen LogP contribution in [0.4, 0.5) is 0 Å². The Morgan fingerprint density at radius 1 is 1.17 bits per heavy atom. The lowest BCUT2D eigenvalue weighted by Gasteiger charge is -2.20. The van der Waals surface area contributed by atoms with Gasteiger partial charge >= 0.3 is 0 Å². The van der Waals surface area contributed by atoms with Crippen LogP contribution in [0.5, 0.6) is 0 Å². The van der Waals surface area contributed by atoms with E-state index in [1.165, 1.54) is 19.3 Å². The molecule has 0 amide bonds. The standard InChI is InChI=1S/C11H25N/c1-9(2)10(12)7-6-8-11(3,4)5/h9-10H,6-8,12H2,1-5H3. The van der Waals surface area contributed by atoms with E-state index < -0.39 is 0 Å². The lowest BCUT2D eigenvalue weighted by atomic mass is 9.88. The summed E-state index contributed by atoms with van der Waals surface area (Å²) in [7, 11) is 0. The van der Waals surface area contributed by atoms with Crippen LogP contribution in [0.3, 0.4) is 0 Å². The van der Waals surface area contributed by atoms with Crippen molar-refractivity contribution < 1.29 is 0 Å². The first-order valence-electron chi connectivity index (χ1n) is 5.08. The number of nitrogens with two attached hydrogens (primary N) is 1. The normalized spacial score (nSPS) is 15.2. The van der Waals surface area contributed by atoms with E-state index in [4.69, 9.17) is 5.73 Å². The molecule has 0 aliphatic heterocycles. The SMILES string of the molecule is CC(C)C(N)CCCC(C)(C)C. The van der Waals surface area contributed by atoms with Crippen LogP contribution in [0, 0.1) is 11.3 Å². The second-order valence-electron chi connectivity index (χ2n) is 5.36. The summed E-state index contributed by atoms with van der Waals surface area (Å²) in [6.07, 6.45) is 3.73. The highest BCUT2D eigenvalue weighted by molar-refractivity contribution is 4.68. The molecule has 0 aromatic heterocycles. The second-order valence-corrected chi connectivity index (χ2v) is 5.36. The first kappa shape index (κ1) is 12.0. The van der Waals surface area contributed by atoms with Crippen molar-refractivity contribution in [3.63, 3.8) is 0 Å². The van der Waals surface area contributed by atoms with E-state index in [1.807, 2.05) is 0 Å². The maximum atomic E-state index is 5.95. The minimum Gasteiger partial charge on any atom is -0.327 e. The fourth-order valence-corrected chi connectivity index (χ4v) is 1.20.